The molecule has 0 radical (unpaired) electrons. The van der Waals surface area contributed by atoms with E-state index in [-0.39, 0.29) is 23.5 Å². The molecule has 0 spiro atoms. The van der Waals surface area contributed by atoms with Gasteiger partial charge in [-0.1, -0.05) is 0 Å². The van der Waals surface area contributed by atoms with Crippen molar-refractivity contribution in [2.24, 2.45) is 0 Å². The van der Waals surface area contributed by atoms with E-state index in [4.69, 9.17) is 4.42 Å². The molecule has 0 atom stereocenters. The van der Waals surface area contributed by atoms with Crippen molar-refractivity contribution < 1.29 is 14.1 Å². The average molecular weight is 313 g/mol. The van der Waals surface area contributed by atoms with E-state index in [1.807, 2.05) is 0 Å². The van der Waals surface area contributed by atoms with Gasteiger partial charge in [0.05, 0.1) is 17.7 Å². The number of aromatic nitrogens is 3. The second-order valence-corrected chi connectivity index (χ2v) is 4.56. The van der Waals surface area contributed by atoms with Crippen LogP contribution in [-0.2, 0) is 6.54 Å². The fourth-order valence-electron chi connectivity index (χ4n) is 2.02. The zero-order valence-corrected chi connectivity index (χ0v) is 11.7. The topological polar surface area (TPSA) is 116 Å². The van der Waals surface area contributed by atoms with Crippen LogP contribution >= 0.6 is 0 Å². The molecular weight excluding hydrogens is 302 g/mol. The molecule has 0 fully saturated rings. The van der Waals surface area contributed by atoms with E-state index in [1.165, 1.54) is 41.8 Å². The van der Waals surface area contributed by atoms with Gasteiger partial charge in [0.15, 0.2) is 0 Å². The van der Waals surface area contributed by atoms with E-state index in [1.54, 1.807) is 12.1 Å². The minimum atomic E-state index is -0.569. The Hall–Kier alpha value is -3.49. The maximum absolute atomic E-state index is 12.1. The summed E-state index contributed by atoms with van der Waals surface area (Å²) in [7, 11) is 0. The Morgan fingerprint density at radius 2 is 2.26 bits per heavy atom. The zero-order chi connectivity index (χ0) is 16.2. The van der Waals surface area contributed by atoms with Crippen LogP contribution in [0, 0.1) is 10.1 Å². The molecule has 1 aromatic carbocycles. The van der Waals surface area contributed by atoms with Crippen LogP contribution in [0.4, 0.5) is 5.69 Å². The highest BCUT2D eigenvalue weighted by molar-refractivity contribution is 5.95. The summed E-state index contributed by atoms with van der Waals surface area (Å²) < 4.78 is 6.37. The predicted molar refractivity (Wildman–Crippen MR) is 77.9 cm³/mol. The van der Waals surface area contributed by atoms with Crippen LogP contribution in [0.15, 0.2) is 53.7 Å². The highest BCUT2D eigenvalue weighted by Gasteiger charge is 2.19. The molecule has 0 unspecified atom stereocenters. The van der Waals surface area contributed by atoms with Gasteiger partial charge in [-0.15, -0.1) is 0 Å². The van der Waals surface area contributed by atoms with Gasteiger partial charge in [0.25, 0.3) is 11.6 Å². The number of carbonyl (C=O) groups is 1. The average Bonchev–Trinajstić information content (AvgIpc) is 3.25. The number of nitrogens with one attached hydrogen (secondary N) is 1. The first-order valence-corrected chi connectivity index (χ1v) is 6.59. The van der Waals surface area contributed by atoms with Gasteiger partial charge in [0.1, 0.15) is 24.1 Å². The molecule has 3 rings (SSSR count). The molecule has 23 heavy (non-hydrogen) atoms. The van der Waals surface area contributed by atoms with Crippen LogP contribution in [0.2, 0.25) is 0 Å². The van der Waals surface area contributed by atoms with Crippen molar-refractivity contribution in [3.05, 3.63) is 70.7 Å². The summed E-state index contributed by atoms with van der Waals surface area (Å²) >= 11 is 0. The van der Waals surface area contributed by atoms with Gasteiger partial charge >= 0.3 is 0 Å². The number of rotatable bonds is 5. The van der Waals surface area contributed by atoms with Crippen LogP contribution < -0.4 is 5.32 Å². The lowest BCUT2D eigenvalue weighted by molar-refractivity contribution is -0.384. The van der Waals surface area contributed by atoms with Crippen LogP contribution in [0.25, 0.3) is 5.69 Å². The molecule has 0 saturated carbocycles. The molecule has 2 heterocycles. The Morgan fingerprint density at radius 1 is 1.39 bits per heavy atom. The molecule has 3 aromatic rings. The number of furan rings is 1. The normalized spacial score (nSPS) is 10.4. The summed E-state index contributed by atoms with van der Waals surface area (Å²) in [6, 6.07) is 7.57. The Labute approximate surface area is 129 Å². The molecule has 2 aromatic heterocycles. The highest BCUT2D eigenvalue weighted by Crippen LogP contribution is 2.23. The van der Waals surface area contributed by atoms with Gasteiger partial charge in [0.2, 0.25) is 0 Å². The lowest BCUT2D eigenvalue weighted by Crippen LogP contribution is -2.22. The molecule has 0 saturated heterocycles. The van der Waals surface area contributed by atoms with E-state index in [2.05, 4.69) is 15.4 Å². The number of hydrogen-bond donors (Lipinski definition) is 1. The number of nitrogens with zero attached hydrogens (tertiary/aromatic N) is 4. The van der Waals surface area contributed by atoms with Crippen molar-refractivity contribution >= 4 is 11.6 Å². The van der Waals surface area contributed by atoms with Gasteiger partial charge in [0, 0.05) is 11.6 Å². The second kappa shape index (κ2) is 6.10. The Bertz CT molecular complexity index is 827. The van der Waals surface area contributed by atoms with E-state index >= 15 is 0 Å². The van der Waals surface area contributed by atoms with E-state index in [0.29, 0.717) is 5.76 Å². The highest BCUT2D eigenvalue weighted by atomic mass is 16.6. The number of benzene rings is 1. The fraction of sp³-hybridized carbons (Fsp3) is 0.0714. The number of carbonyl (C=O) groups excluding carboxylic acids is 1. The zero-order valence-electron chi connectivity index (χ0n) is 11.7. The molecule has 0 aliphatic carbocycles. The SMILES string of the molecule is O=C(NCc1ccco1)c1ccc(-n2cncn2)c([N+](=O)[O-])c1. The molecule has 1 N–H and O–H groups in total. The third-order valence-electron chi connectivity index (χ3n) is 3.10. The summed E-state index contributed by atoms with van der Waals surface area (Å²) in [5.74, 6) is 0.154. The van der Waals surface area contributed by atoms with Crippen LogP contribution in [0.3, 0.4) is 0 Å². The molecule has 9 nitrogen and oxygen atoms in total. The quantitative estimate of drug-likeness (QED) is 0.566. The lowest BCUT2D eigenvalue weighted by atomic mass is 10.1. The maximum atomic E-state index is 12.1. The summed E-state index contributed by atoms with van der Waals surface area (Å²) in [5.41, 5.74) is 0.170. The molecule has 0 bridgehead atoms. The lowest BCUT2D eigenvalue weighted by Gasteiger charge is -2.06. The van der Waals surface area contributed by atoms with Gasteiger partial charge in [-0.25, -0.2) is 9.67 Å². The fourth-order valence-corrected chi connectivity index (χ4v) is 2.02. The third-order valence-corrected chi connectivity index (χ3v) is 3.10. The Morgan fingerprint density at radius 3 is 2.91 bits per heavy atom. The minimum Gasteiger partial charge on any atom is -0.467 e. The van der Waals surface area contributed by atoms with Crippen molar-refractivity contribution in [1.82, 2.24) is 20.1 Å². The van der Waals surface area contributed by atoms with Crippen LogP contribution in [-0.4, -0.2) is 25.6 Å². The first-order valence-electron chi connectivity index (χ1n) is 6.59. The summed E-state index contributed by atoms with van der Waals surface area (Å²) in [6.07, 6.45) is 4.12. The maximum Gasteiger partial charge on any atom is 0.295 e. The van der Waals surface area contributed by atoms with Crippen LogP contribution in [0.1, 0.15) is 16.1 Å². The van der Waals surface area contributed by atoms with Crippen LogP contribution in [0.5, 0.6) is 0 Å². The second-order valence-electron chi connectivity index (χ2n) is 4.56. The van der Waals surface area contributed by atoms with Gasteiger partial charge < -0.3 is 9.73 Å². The minimum absolute atomic E-state index is 0.173. The van der Waals surface area contributed by atoms with Gasteiger partial charge in [-0.3, -0.25) is 14.9 Å². The van der Waals surface area contributed by atoms with Crippen molar-refractivity contribution in [3.8, 4) is 5.69 Å². The standard InChI is InChI=1S/C14H11N5O4/c20-14(16-7-11-2-1-5-23-11)10-3-4-12(13(6-10)19(21)22)18-9-15-8-17-18/h1-6,8-9H,7H2,(H,16,20). The molecule has 0 aliphatic rings. The summed E-state index contributed by atoms with van der Waals surface area (Å²) in [5, 5.41) is 17.7. The molecule has 1 amide bonds. The predicted octanol–water partition coefficient (Wildman–Crippen LogP) is 1.70. The Balaban J connectivity index is 1.84. The van der Waals surface area contributed by atoms with Crippen molar-refractivity contribution in [3.63, 3.8) is 0 Å². The van der Waals surface area contributed by atoms with E-state index in [9.17, 15) is 14.9 Å². The first kappa shape index (κ1) is 14.4. The third kappa shape index (κ3) is 3.07. The smallest absolute Gasteiger partial charge is 0.295 e. The largest absolute Gasteiger partial charge is 0.467 e. The van der Waals surface area contributed by atoms with Gasteiger partial charge in [-0.05, 0) is 24.3 Å². The number of amides is 1. The first-order chi connectivity index (χ1) is 11.1. The van der Waals surface area contributed by atoms with E-state index in [0.717, 1.165) is 0 Å². The van der Waals surface area contributed by atoms with Crippen molar-refractivity contribution in [2.75, 3.05) is 0 Å². The monoisotopic (exact) mass is 313 g/mol. The van der Waals surface area contributed by atoms with Crippen molar-refractivity contribution in [1.29, 1.82) is 0 Å². The summed E-state index contributed by atoms with van der Waals surface area (Å²) in [4.78, 5) is 26.5. The molecular formula is C14H11N5O4. The molecule has 116 valence electrons. The van der Waals surface area contributed by atoms with E-state index < -0.39 is 10.8 Å². The molecule has 0 aliphatic heterocycles. The van der Waals surface area contributed by atoms with Crippen molar-refractivity contribution in [2.45, 2.75) is 6.54 Å². The number of nitro benzene ring substituents is 1. The number of hydrogen-bond acceptors (Lipinski definition) is 6. The molecule has 9 heteroatoms. The van der Waals surface area contributed by atoms with Gasteiger partial charge in [-0.2, -0.15) is 5.10 Å². The number of nitro groups is 1. The summed E-state index contributed by atoms with van der Waals surface area (Å²) in [6.45, 7) is 0.199. The Kier molecular flexibility index (Phi) is 3.83.